The van der Waals surface area contributed by atoms with Gasteiger partial charge in [0.2, 0.25) is 0 Å². The third-order valence-corrected chi connectivity index (χ3v) is 11.4. The molecule has 0 spiro atoms. The van der Waals surface area contributed by atoms with Crippen LogP contribution >= 0.6 is 15.6 Å². The first kappa shape index (κ1) is 59.4. The lowest BCUT2D eigenvalue weighted by atomic mass is 9.85. The number of aliphatic hydroxyl groups excluding tert-OH is 5. The third kappa shape index (κ3) is 29.8. The fraction of sp³-hybridized carbons (Fsp3) is 0.689. The summed E-state index contributed by atoms with van der Waals surface area (Å²) in [6, 6.07) is 0. The van der Waals surface area contributed by atoms with Crippen LogP contribution in [-0.4, -0.2) is 114 Å². The Morgan fingerprint density at radius 1 is 0.578 bits per heavy atom. The zero-order valence-electron chi connectivity index (χ0n) is 37.5. The number of hydrogen-bond donors (Lipinski definition) is 8. The first-order chi connectivity index (χ1) is 30.5. The monoisotopic (exact) mass is 950 g/mol. The predicted octanol–water partition coefficient (Wildman–Crippen LogP) is 7.03. The zero-order chi connectivity index (χ0) is 47.6. The summed E-state index contributed by atoms with van der Waals surface area (Å²) in [7, 11) is -10.7. The lowest BCUT2D eigenvalue weighted by Crippen LogP contribution is -2.64. The number of phosphoric acid groups is 2. The number of esters is 2. The van der Waals surface area contributed by atoms with Gasteiger partial charge in [0.15, 0.2) is 6.10 Å². The molecule has 0 amide bonds. The summed E-state index contributed by atoms with van der Waals surface area (Å²) >= 11 is 0. The topological polar surface area (TPSA) is 276 Å². The second kappa shape index (κ2) is 35.6. The Balaban J connectivity index is 2.67. The van der Waals surface area contributed by atoms with Crippen molar-refractivity contribution < 1.29 is 82.0 Å². The summed E-state index contributed by atoms with van der Waals surface area (Å²) in [6.07, 6.45) is 23.1. The maximum Gasteiger partial charge on any atom is 0.472 e. The summed E-state index contributed by atoms with van der Waals surface area (Å²) < 4.78 is 49.2. The number of rotatable bonds is 36. The molecule has 19 heteroatoms. The van der Waals surface area contributed by atoms with Crippen LogP contribution in [0.15, 0.2) is 72.9 Å². The van der Waals surface area contributed by atoms with Crippen molar-refractivity contribution in [3.05, 3.63) is 72.9 Å². The van der Waals surface area contributed by atoms with Crippen molar-refractivity contribution in [3.63, 3.8) is 0 Å². The third-order valence-electron chi connectivity index (χ3n) is 9.88. The van der Waals surface area contributed by atoms with Gasteiger partial charge in [0, 0.05) is 12.8 Å². The molecule has 1 saturated carbocycles. The Morgan fingerprint density at radius 2 is 1.09 bits per heavy atom. The van der Waals surface area contributed by atoms with E-state index < -0.39 is 89.6 Å². The molecular weight excluding hydrogens is 874 g/mol. The summed E-state index contributed by atoms with van der Waals surface area (Å²) in [5, 5.41) is 51.4. The predicted molar refractivity (Wildman–Crippen MR) is 242 cm³/mol. The standard InChI is InChI=1S/C45H76O17P2/c1-3-5-7-9-11-12-13-14-15-16-17-18-20-24-28-32-38(47)58-34-37(60-39(48)33-29-25-21-23-27-31-36(46)30-26-22-19-10-8-6-4-2)35-59-64(56,57)62-45-42(51)40(49)41(50)44(43(45)52)61-63(53,54)55/h5-8,11-12,14-15,19,22,26,30,36-37,40-46,49-52H,3-4,9-10,13,16-18,20-21,23-25,27-29,31-35H2,1-2H3,(H,56,57)(H2,53,54,55)/b7-5-,8-6+,12-11-,15-14-,22-19+,30-26+/t36?,37-,40?,41?,42?,43?,44-,45+/m1/s1. The molecule has 0 saturated heterocycles. The first-order valence-electron chi connectivity index (χ1n) is 22.6. The van der Waals surface area contributed by atoms with E-state index in [4.69, 9.17) is 28.3 Å². The van der Waals surface area contributed by atoms with E-state index in [-0.39, 0.29) is 12.8 Å². The number of hydrogen-bond acceptors (Lipinski definition) is 14. The lowest BCUT2D eigenvalue weighted by molar-refractivity contribution is -0.216. The minimum absolute atomic E-state index is 0.0334. The van der Waals surface area contributed by atoms with E-state index >= 15 is 0 Å². The van der Waals surface area contributed by atoms with Crippen molar-refractivity contribution in [2.75, 3.05) is 13.2 Å². The highest BCUT2D eigenvalue weighted by atomic mass is 31.2. The van der Waals surface area contributed by atoms with Crippen LogP contribution in [0.5, 0.6) is 0 Å². The van der Waals surface area contributed by atoms with Gasteiger partial charge < -0.3 is 49.7 Å². The van der Waals surface area contributed by atoms with Crippen LogP contribution in [0.4, 0.5) is 0 Å². The minimum Gasteiger partial charge on any atom is -0.462 e. The molecule has 0 aromatic carbocycles. The molecule has 0 aliphatic heterocycles. The Kier molecular flexibility index (Phi) is 33.0. The summed E-state index contributed by atoms with van der Waals surface area (Å²) in [5.41, 5.74) is 0. The van der Waals surface area contributed by atoms with Gasteiger partial charge in [-0.05, 0) is 64.2 Å². The smallest absolute Gasteiger partial charge is 0.462 e. The number of ether oxygens (including phenoxy) is 2. The maximum absolute atomic E-state index is 13.0. The van der Waals surface area contributed by atoms with Gasteiger partial charge in [-0.25, -0.2) is 9.13 Å². The molecule has 368 valence electrons. The Hall–Kier alpha value is -2.60. The van der Waals surface area contributed by atoms with Gasteiger partial charge >= 0.3 is 27.6 Å². The van der Waals surface area contributed by atoms with E-state index in [0.717, 1.165) is 83.5 Å². The number of carbonyl (C=O) groups is 2. The molecule has 6 unspecified atom stereocenters. The molecule has 1 fully saturated rings. The molecule has 9 atom stereocenters. The molecule has 8 N–H and O–H groups in total. The van der Waals surface area contributed by atoms with Crippen molar-refractivity contribution in [2.24, 2.45) is 0 Å². The van der Waals surface area contributed by atoms with Crippen LogP contribution in [0.2, 0.25) is 0 Å². The SMILES string of the molecule is CC/C=C\C/C=C\C/C=C\CCCCCCCC(=O)OC[C@H](COP(=O)(O)O[C@H]1C(O)C(O)C(O)[C@@H](OP(=O)(O)O)C1O)OC(=O)CCCCCCCC(O)/C=C/C=C/C/C=C/CC. The highest BCUT2D eigenvalue weighted by Crippen LogP contribution is 2.49. The summed E-state index contributed by atoms with van der Waals surface area (Å²) in [5.74, 6) is -1.31. The molecule has 0 radical (unpaired) electrons. The van der Waals surface area contributed by atoms with Crippen LogP contribution in [-0.2, 0) is 41.8 Å². The van der Waals surface area contributed by atoms with Gasteiger partial charge in [-0.1, -0.05) is 132 Å². The van der Waals surface area contributed by atoms with E-state index in [2.05, 4.69) is 67.0 Å². The molecule has 0 heterocycles. The Bertz CT molecular complexity index is 1540. The molecular formula is C45H76O17P2. The van der Waals surface area contributed by atoms with Crippen LogP contribution in [0.25, 0.3) is 0 Å². The fourth-order valence-electron chi connectivity index (χ4n) is 6.40. The Morgan fingerprint density at radius 3 is 1.70 bits per heavy atom. The van der Waals surface area contributed by atoms with Gasteiger partial charge in [-0.2, -0.15) is 0 Å². The number of carbonyl (C=O) groups excluding carboxylic acids is 2. The Labute approximate surface area is 379 Å². The number of phosphoric ester groups is 2. The number of aliphatic hydroxyl groups is 5. The van der Waals surface area contributed by atoms with Crippen molar-refractivity contribution in [1.82, 2.24) is 0 Å². The second-order valence-electron chi connectivity index (χ2n) is 15.6. The van der Waals surface area contributed by atoms with E-state index in [0.29, 0.717) is 25.7 Å². The van der Waals surface area contributed by atoms with Crippen molar-refractivity contribution in [1.29, 1.82) is 0 Å². The second-order valence-corrected chi connectivity index (χ2v) is 18.2. The van der Waals surface area contributed by atoms with Crippen LogP contribution in [0.1, 0.15) is 136 Å². The largest absolute Gasteiger partial charge is 0.472 e. The van der Waals surface area contributed by atoms with E-state index in [1.54, 1.807) is 6.08 Å². The van der Waals surface area contributed by atoms with E-state index in [1.807, 2.05) is 18.2 Å². The normalized spacial score (nSPS) is 23.0. The van der Waals surface area contributed by atoms with Gasteiger partial charge in [0.1, 0.15) is 43.2 Å². The zero-order valence-corrected chi connectivity index (χ0v) is 39.3. The average molecular weight is 951 g/mol. The highest BCUT2D eigenvalue weighted by Gasteiger charge is 2.54. The van der Waals surface area contributed by atoms with Crippen molar-refractivity contribution >= 4 is 27.6 Å². The summed E-state index contributed by atoms with van der Waals surface area (Å²) in [4.78, 5) is 54.2. The highest BCUT2D eigenvalue weighted by molar-refractivity contribution is 7.47. The van der Waals surface area contributed by atoms with Gasteiger partial charge in [-0.15, -0.1) is 0 Å². The fourth-order valence-corrected chi connectivity index (χ4v) is 7.94. The molecule has 0 bridgehead atoms. The minimum atomic E-state index is -5.38. The maximum atomic E-state index is 13.0. The van der Waals surface area contributed by atoms with Crippen molar-refractivity contribution in [3.8, 4) is 0 Å². The molecule has 0 aromatic rings. The molecule has 17 nitrogen and oxygen atoms in total. The quantitative estimate of drug-likeness (QED) is 0.0103. The molecule has 1 aliphatic rings. The molecule has 1 aliphatic carbocycles. The number of allylic oxidation sites excluding steroid dienone is 11. The lowest BCUT2D eigenvalue weighted by Gasteiger charge is -2.43. The van der Waals surface area contributed by atoms with Crippen molar-refractivity contribution in [2.45, 2.75) is 185 Å². The van der Waals surface area contributed by atoms with Gasteiger partial charge in [0.05, 0.1) is 12.7 Å². The average Bonchev–Trinajstić information content (AvgIpc) is 3.24. The van der Waals surface area contributed by atoms with Crippen LogP contribution in [0, 0.1) is 0 Å². The molecule has 1 rings (SSSR count). The van der Waals surface area contributed by atoms with E-state index in [9.17, 15) is 49.1 Å². The van der Waals surface area contributed by atoms with Gasteiger partial charge in [-0.3, -0.25) is 23.2 Å². The van der Waals surface area contributed by atoms with Crippen LogP contribution < -0.4 is 0 Å². The number of unbranched alkanes of at least 4 members (excludes halogenated alkanes) is 9. The van der Waals surface area contributed by atoms with E-state index in [1.165, 1.54) is 0 Å². The molecule has 64 heavy (non-hydrogen) atoms. The van der Waals surface area contributed by atoms with Gasteiger partial charge in [0.25, 0.3) is 0 Å². The molecule has 0 aromatic heterocycles. The first-order valence-corrected chi connectivity index (χ1v) is 25.6. The summed E-state index contributed by atoms with van der Waals surface area (Å²) in [6.45, 7) is 2.75. The van der Waals surface area contributed by atoms with Crippen LogP contribution in [0.3, 0.4) is 0 Å².